The highest BCUT2D eigenvalue weighted by molar-refractivity contribution is 5.37. The highest BCUT2D eigenvalue weighted by Gasteiger charge is 2.25. The molecule has 0 heteroatoms. The summed E-state index contributed by atoms with van der Waals surface area (Å²) in [4.78, 5) is 0. The van der Waals surface area contributed by atoms with Crippen LogP contribution in [0.3, 0.4) is 0 Å². The van der Waals surface area contributed by atoms with Crippen molar-refractivity contribution in [3.05, 3.63) is 34.9 Å². The third-order valence-corrected chi connectivity index (χ3v) is 5.45. The molecular weight excluding hydrogens is 276 g/mol. The molecule has 0 saturated heterocycles. The smallest absolute Gasteiger partial charge is 0.0103 e. The Morgan fingerprint density at radius 1 is 0.652 bits per heavy atom. The molecule has 0 aliphatic rings. The molecule has 1 rings (SSSR count). The van der Waals surface area contributed by atoms with Crippen LogP contribution in [0.25, 0.3) is 0 Å². The fourth-order valence-electron chi connectivity index (χ4n) is 3.49. The molecule has 0 aliphatic heterocycles. The standard InChI is InChI=1S/C23H40/c1-8-10-12-14-22(4,5)20-16-19(3)17-21(18-20)23(6,7)15-13-11-9-2/h16-18H,8-15H2,1-7H3. The first-order valence-electron chi connectivity index (χ1n) is 9.85. The zero-order chi connectivity index (χ0) is 17.5. The van der Waals surface area contributed by atoms with Crippen LogP contribution in [0.2, 0.25) is 0 Å². The number of unbranched alkanes of at least 4 members (excludes halogenated alkanes) is 4. The minimum atomic E-state index is 0.287. The monoisotopic (exact) mass is 316 g/mol. The quantitative estimate of drug-likeness (QED) is 0.388. The lowest BCUT2D eigenvalue weighted by Crippen LogP contribution is -2.21. The molecule has 0 unspecified atom stereocenters. The average Bonchev–Trinajstić information content (AvgIpc) is 2.47. The molecule has 0 aliphatic carbocycles. The Bertz CT molecular complexity index is 425. The van der Waals surface area contributed by atoms with E-state index in [9.17, 15) is 0 Å². The Kier molecular flexibility index (Phi) is 7.84. The molecule has 0 N–H and O–H groups in total. The molecule has 0 saturated carbocycles. The van der Waals surface area contributed by atoms with Crippen LogP contribution >= 0.6 is 0 Å². The van der Waals surface area contributed by atoms with Crippen LogP contribution in [0.1, 0.15) is 110 Å². The van der Waals surface area contributed by atoms with Gasteiger partial charge in [0.15, 0.2) is 0 Å². The molecule has 1 aromatic rings. The fraction of sp³-hybridized carbons (Fsp3) is 0.739. The lowest BCUT2D eigenvalue weighted by Gasteiger charge is -2.31. The van der Waals surface area contributed by atoms with Crippen LogP contribution in [0.5, 0.6) is 0 Å². The maximum Gasteiger partial charge on any atom is -0.0103 e. The van der Waals surface area contributed by atoms with Crippen molar-refractivity contribution >= 4 is 0 Å². The minimum Gasteiger partial charge on any atom is -0.0654 e. The van der Waals surface area contributed by atoms with E-state index in [-0.39, 0.29) is 10.8 Å². The molecular formula is C23H40. The van der Waals surface area contributed by atoms with E-state index in [4.69, 9.17) is 0 Å². The molecule has 132 valence electrons. The SMILES string of the molecule is CCCCCC(C)(C)c1cc(C)cc(C(C)(C)CCCCC)c1. The molecule has 23 heavy (non-hydrogen) atoms. The summed E-state index contributed by atoms with van der Waals surface area (Å²) in [7, 11) is 0. The predicted octanol–water partition coefficient (Wildman–Crippen LogP) is 7.71. The highest BCUT2D eigenvalue weighted by Crippen LogP contribution is 2.35. The summed E-state index contributed by atoms with van der Waals surface area (Å²) < 4.78 is 0. The number of benzene rings is 1. The van der Waals surface area contributed by atoms with Gasteiger partial charge in [0.1, 0.15) is 0 Å². The summed E-state index contributed by atoms with van der Waals surface area (Å²) in [5, 5.41) is 0. The van der Waals surface area contributed by atoms with Crippen LogP contribution in [0, 0.1) is 6.92 Å². The van der Waals surface area contributed by atoms with E-state index in [1.54, 1.807) is 0 Å². The summed E-state index contributed by atoms with van der Waals surface area (Å²) in [6.07, 6.45) is 10.6. The number of hydrogen-bond acceptors (Lipinski definition) is 0. The van der Waals surface area contributed by atoms with Gasteiger partial charge in [0.25, 0.3) is 0 Å². The Morgan fingerprint density at radius 2 is 1.04 bits per heavy atom. The van der Waals surface area contributed by atoms with Gasteiger partial charge in [-0.2, -0.15) is 0 Å². The van der Waals surface area contributed by atoms with E-state index in [0.717, 1.165) is 0 Å². The van der Waals surface area contributed by atoms with Gasteiger partial charge in [-0.25, -0.2) is 0 Å². The Labute approximate surface area is 146 Å². The van der Waals surface area contributed by atoms with E-state index in [2.05, 4.69) is 66.7 Å². The van der Waals surface area contributed by atoms with Crippen molar-refractivity contribution in [2.24, 2.45) is 0 Å². The van der Waals surface area contributed by atoms with Crippen molar-refractivity contribution < 1.29 is 0 Å². The number of aryl methyl sites for hydroxylation is 1. The fourth-order valence-corrected chi connectivity index (χ4v) is 3.49. The van der Waals surface area contributed by atoms with Gasteiger partial charge >= 0.3 is 0 Å². The van der Waals surface area contributed by atoms with Crippen LogP contribution < -0.4 is 0 Å². The number of rotatable bonds is 10. The van der Waals surface area contributed by atoms with E-state index < -0.39 is 0 Å². The van der Waals surface area contributed by atoms with Gasteiger partial charge in [0.05, 0.1) is 0 Å². The maximum atomic E-state index is 2.50. The topological polar surface area (TPSA) is 0 Å². The second kappa shape index (κ2) is 8.90. The second-order valence-electron chi connectivity index (χ2n) is 8.77. The van der Waals surface area contributed by atoms with E-state index >= 15 is 0 Å². The molecule has 0 atom stereocenters. The van der Waals surface area contributed by atoms with Gasteiger partial charge in [-0.05, 0) is 41.7 Å². The Morgan fingerprint density at radius 3 is 1.39 bits per heavy atom. The first kappa shape index (κ1) is 20.3. The third-order valence-electron chi connectivity index (χ3n) is 5.45. The minimum absolute atomic E-state index is 0.287. The molecule has 0 radical (unpaired) electrons. The van der Waals surface area contributed by atoms with Crippen molar-refractivity contribution in [3.63, 3.8) is 0 Å². The predicted molar refractivity (Wildman–Crippen MR) is 106 cm³/mol. The summed E-state index contributed by atoms with van der Waals surface area (Å²) in [5.41, 5.74) is 5.06. The number of hydrogen-bond donors (Lipinski definition) is 0. The maximum absolute atomic E-state index is 2.50. The van der Waals surface area contributed by atoms with Crippen molar-refractivity contribution in [3.8, 4) is 0 Å². The first-order chi connectivity index (χ1) is 10.7. The van der Waals surface area contributed by atoms with Crippen LogP contribution in [0.4, 0.5) is 0 Å². The summed E-state index contributed by atoms with van der Waals surface area (Å²) in [6, 6.07) is 7.33. The summed E-state index contributed by atoms with van der Waals surface area (Å²) in [5.74, 6) is 0. The van der Waals surface area contributed by atoms with E-state index in [1.165, 1.54) is 68.1 Å². The van der Waals surface area contributed by atoms with E-state index in [1.807, 2.05) is 0 Å². The van der Waals surface area contributed by atoms with Gasteiger partial charge in [-0.15, -0.1) is 0 Å². The van der Waals surface area contributed by atoms with Crippen LogP contribution in [0.15, 0.2) is 18.2 Å². The molecule has 0 heterocycles. The zero-order valence-corrected chi connectivity index (χ0v) is 16.9. The van der Waals surface area contributed by atoms with Crippen molar-refractivity contribution in [2.75, 3.05) is 0 Å². The van der Waals surface area contributed by atoms with Gasteiger partial charge in [-0.3, -0.25) is 0 Å². The van der Waals surface area contributed by atoms with Crippen molar-refractivity contribution in [1.82, 2.24) is 0 Å². The van der Waals surface area contributed by atoms with Crippen LogP contribution in [-0.2, 0) is 10.8 Å². The largest absolute Gasteiger partial charge is 0.0654 e. The normalized spacial score (nSPS) is 12.7. The Hall–Kier alpha value is -0.780. The molecule has 0 spiro atoms. The van der Waals surface area contributed by atoms with Crippen LogP contribution in [-0.4, -0.2) is 0 Å². The Balaban J connectivity index is 2.97. The second-order valence-corrected chi connectivity index (χ2v) is 8.77. The lowest BCUT2D eigenvalue weighted by molar-refractivity contribution is 0.436. The summed E-state index contributed by atoms with van der Waals surface area (Å²) in [6.45, 7) is 16.5. The van der Waals surface area contributed by atoms with Gasteiger partial charge in [0.2, 0.25) is 0 Å². The van der Waals surface area contributed by atoms with Crippen molar-refractivity contribution in [1.29, 1.82) is 0 Å². The lowest BCUT2D eigenvalue weighted by atomic mass is 9.74. The van der Waals surface area contributed by atoms with Gasteiger partial charge < -0.3 is 0 Å². The third kappa shape index (κ3) is 6.32. The highest BCUT2D eigenvalue weighted by atomic mass is 14.3. The molecule has 0 amide bonds. The molecule has 0 fully saturated rings. The zero-order valence-electron chi connectivity index (χ0n) is 16.9. The van der Waals surface area contributed by atoms with Gasteiger partial charge in [0, 0.05) is 0 Å². The molecule has 0 nitrogen and oxygen atoms in total. The van der Waals surface area contributed by atoms with E-state index in [0.29, 0.717) is 0 Å². The average molecular weight is 317 g/mol. The summed E-state index contributed by atoms with van der Waals surface area (Å²) >= 11 is 0. The molecule has 0 aromatic heterocycles. The molecule has 0 bridgehead atoms. The van der Waals surface area contributed by atoms with Crippen molar-refractivity contribution in [2.45, 2.75) is 111 Å². The van der Waals surface area contributed by atoms with Gasteiger partial charge in [-0.1, -0.05) is 104 Å². The first-order valence-corrected chi connectivity index (χ1v) is 9.85. The molecule has 1 aromatic carbocycles.